The number of aromatic nitrogens is 2. The van der Waals surface area contributed by atoms with Gasteiger partial charge in [-0.2, -0.15) is 0 Å². The highest BCUT2D eigenvalue weighted by molar-refractivity contribution is 5.96. The number of halogens is 3. The van der Waals surface area contributed by atoms with E-state index in [1.807, 2.05) is 0 Å². The van der Waals surface area contributed by atoms with Gasteiger partial charge in [0.15, 0.2) is 5.78 Å². The van der Waals surface area contributed by atoms with Crippen LogP contribution in [-0.2, 0) is 11.2 Å². The number of aliphatic hydroxyl groups excluding tert-OH is 3. The molecule has 4 atom stereocenters. The molecule has 178 valence electrons. The van der Waals surface area contributed by atoms with Crippen molar-refractivity contribution in [2.75, 3.05) is 6.61 Å². The highest BCUT2D eigenvalue weighted by Gasteiger charge is 2.37. The van der Waals surface area contributed by atoms with E-state index >= 15 is 0 Å². The average Bonchev–Trinajstić information content (AvgIpc) is 2.82. The molecule has 4 rings (SSSR count). The summed E-state index contributed by atoms with van der Waals surface area (Å²) in [6, 6.07) is 6.69. The number of ether oxygens (including phenoxy) is 1. The Morgan fingerprint density at radius 3 is 2.50 bits per heavy atom. The maximum Gasteiger partial charge on any atom is 0.185 e. The lowest BCUT2D eigenvalue weighted by molar-refractivity contribution is -0.181. The molecule has 3 heterocycles. The number of Topliss-reactive ketones (excluding diaryl/α,β-unsaturated/α-hetero) is 1. The van der Waals surface area contributed by atoms with Crippen LogP contribution >= 0.6 is 0 Å². The van der Waals surface area contributed by atoms with Crippen molar-refractivity contribution in [1.82, 2.24) is 9.97 Å². The smallest absolute Gasteiger partial charge is 0.185 e. The van der Waals surface area contributed by atoms with Gasteiger partial charge in [0.2, 0.25) is 0 Å². The van der Waals surface area contributed by atoms with Crippen molar-refractivity contribution < 1.29 is 38.0 Å². The topological polar surface area (TPSA) is 113 Å². The third kappa shape index (κ3) is 4.71. The largest absolute Gasteiger partial charge is 0.394 e. The van der Waals surface area contributed by atoms with E-state index in [0.29, 0.717) is 11.1 Å². The molecule has 0 radical (unpaired) electrons. The number of benzene rings is 1. The van der Waals surface area contributed by atoms with E-state index in [9.17, 15) is 33.3 Å². The summed E-state index contributed by atoms with van der Waals surface area (Å²) in [4.78, 5) is 20.9. The third-order valence-electron chi connectivity index (χ3n) is 5.72. The predicted octanol–water partition coefficient (Wildman–Crippen LogP) is 2.53. The molecule has 1 aliphatic rings. The van der Waals surface area contributed by atoms with Crippen LogP contribution in [0.2, 0.25) is 0 Å². The number of hydrogen-bond acceptors (Lipinski definition) is 7. The molecule has 0 amide bonds. The summed E-state index contributed by atoms with van der Waals surface area (Å²) in [5.41, 5.74) is -0.568. The molecule has 0 saturated carbocycles. The van der Waals surface area contributed by atoms with Gasteiger partial charge in [-0.1, -0.05) is 6.07 Å². The van der Waals surface area contributed by atoms with Crippen molar-refractivity contribution in [1.29, 1.82) is 0 Å². The Labute approximate surface area is 192 Å². The monoisotopic (exact) mass is 474 g/mol. The van der Waals surface area contributed by atoms with Crippen LogP contribution < -0.4 is 0 Å². The minimum atomic E-state index is -1.26. The van der Waals surface area contributed by atoms with Crippen LogP contribution in [0.5, 0.6) is 0 Å². The van der Waals surface area contributed by atoms with Crippen molar-refractivity contribution in [3.05, 3.63) is 83.1 Å². The SMILES string of the molecule is O=C(Cc1cnccc1[C@@H]1C[C@@H](O)[C@H](O)[C@@H](CO)O1)c1ccc(F)c(-c2c(F)cccc2F)n1. The average molecular weight is 474 g/mol. The molecule has 7 nitrogen and oxygen atoms in total. The van der Waals surface area contributed by atoms with Crippen LogP contribution in [0, 0.1) is 17.5 Å². The quantitative estimate of drug-likeness (QED) is 0.471. The van der Waals surface area contributed by atoms with Crippen molar-refractivity contribution in [2.45, 2.75) is 37.3 Å². The maximum atomic E-state index is 14.4. The molecule has 34 heavy (non-hydrogen) atoms. The van der Waals surface area contributed by atoms with Crippen LogP contribution in [0.1, 0.15) is 34.1 Å². The summed E-state index contributed by atoms with van der Waals surface area (Å²) >= 11 is 0. The van der Waals surface area contributed by atoms with E-state index in [0.717, 1.165) is 30.3 Å². The molecule has 0 unspecified atom stereocenters. The first-order valence-electron chi connectivity index (χ1n) is 10.5. The second-order valence-corrected chi connectivity index (χ2v) is 7.94. The zero-order valence-corrected chi connectivity index (χ0v) is 17.7. The standard InChI is InChI=1S/C24H21F3N2O5/c25-14-2-1-3-15(26)22(14)23-16(27)4-5-17(29-23)18(31)8-12-10-28-7-6-13(12)20-9-19(32)24(33)21(11-30)34-20/h1-7,10,19-21,24,30,32-33H,8-9,11H2/t19-,20+,21-,24+/m1/s1. The Balaban J connectivity index is 1.63. The number of pyridine rings is 2. The molecule has 1 aliphatic heterocycles. The zero-order chi connectivity index (χ0) is 24.4. The van der Waals surface area contributed by atoms with Crippen molar-refractivity contribution in [2.24, 2.45) is 0 Å². The molecule has 10 heteroatoms. The van der Waals surface area contributed by atoms with Crippen molar-refractivity contribution in [3.8, 4) is 11.3 Å². The fourth-order valence-electron chi connectivity index (χ4n) is 3.96. The van der Waals surface area contributed by atoms with E-state index < -0.39 is 65.5 Å². The molecule has 0 spiro atoms. The number of ketones is 1. The molecule has 1 saturated heterocycles. The van der Waals surface area contributed by atoms with Crippen molar-refractivity contribution >= 4 is 5.78 Å². The van der Waals surface area contributed by atoms with Gasteiger partial charge in [-0.25, -0.2) is 18.2 Å². The fourth-order valence-corrected chi connectivity index (χ4v) is 3.96. The number of carbonyl (C=O) groups is 1. The highest BCUT2D eigenvalue weighted by atomic mass is 19.1. The van der Waals surface area contributed by atoms with Crippen LogP contribution in [0.4, 0.5) is 13.2 Å². The lowest BCUT2D eigenvalue weighted by atomic mass is 9.91. The van der Waals surface area contributed by atoms with E-state index in [-0.39, 0.29) is 18.5 Å². The Morgan fingerprint density at radius 1 is 1.06 bits per heavy atom. The molecule has 0 bridgehead atoms. The first-order chi connectivity index (χ1) is 16.3. The Kier molecular flexibility index (Phi) is 7.03. The third-order valence-corrected chi connectivity index (χ3v) is 5.72. The molecular formula is C24H21F3N2O5. The second kappa shape index (κ2) is 9.98. The first-order valence-corrected chi connectivity index (χ1v) is 10.5. The molecule has 1 fully saturated rings. The summed E-state index contributed by atoms with van der Waals surface area (Å²) in [5, 5.41) is 29.5. The number of rotatable bonds is 6. The minimum absolute atomic E-state index is 0.0222. The van der Waals surface area contributed by atoms with Crippen LogP contribution in [0.25, 0.3) is 11.3 Å². The van der Waals surface area contributed by atoms with E-state index in [2.05, 4.69) is 9.97 Å². The number of aliphatic hydroxyl groups is 3. The lowest BCUT2D eigenvalue weighted by Crippen LogP contribution is -2.47. The van der Waals surface area contributed by atoms with Gasteiger partial charge in [0.05, 0.1) is 24.4 Å². The zero-order valence-electron chi connectivity index (χ0n) is 17.7. The summed E-state index contributed by atoms with van der Waals surface area (Å²) in [7, 11) is 0. The Morgan fingerprint density at radius 2 is 1.79 bits per heavy atom. The number of nitrogens with zero attached hydrogens (tertiary/aromatic N) is 2. The second-order valence-electron chi connectivity index (χ2n) is 7.94. The van der Waals surface area contributed by atoms with Crippen LogP contribution in [0.3, 0.4) is 0 Å². The van der Waals surface area contributed by atoms with Gasteiger partial charge in [-0.15, -0.1) is 0 Å². The van der Waals surface area contributed by atoms with Crippen LogP contribution in [-0.4, -0.2) is 56.0 Å². The Hall–Kier alpha value is -3.18. The van der Waals surface area contributed by atoms with Crippen LogP contribution in [0.15, 0.2) is 48.8 Å². The van der Waals surface area contributed by atoms with Gasteiger partial charge >= 0.3 is 0 Å². The first kappa shape index (κ1) is 24.0. The Bertz CT molecular complexity index is 1190. The summed E-state index contributed by atoms with van der Waals surface area (Å²) < 4.78 is 48.4. The van der Waals surface area contributed by atoms with E-state index in [1.54, 1.807) is 6.07 Å². The van der Waals surface area contributed by atoms with Gasteiger partial charge in [0.1, 0.15) is 41.0 Å². The molecule has 2 aromatic heterocycles. The van der Waals surface area contributed by atoms with Gasteiger partial charge in [0.25, 0.3) is 0 Å². The maximum absolute atomic E-state index is 14.4. The van der Waals surface area contributed by atoms with Gasteiger partial charge in [0, 0.05) is 25.2 Å². The number of hydrogen-bond donors (Lipinski definition) is 3. The van der Waals surface area contributed by atoms with Gasteiger partial charge in [-0.05, 0) is 41.5 Å². The predicted molar refractivity (Wildman–Crippen MR) is 113 cm³/mol. The van der Waals surface area contributed by atoms with Crippen molar-refractivity contribution in [3.63, 3.8) is 0 Å². The summed E-state index contributed by atoms with van der Waals surface area (Å²) in [6.45, 7) is -0.511. The summed E-state index contributed by atoms with van der Waals surface area (Å²) in [6.07, 6.45) is -1.49. The normalized spacial score (nSPS) is 22.5. The number of carbonyl (C=O) groups excluding carboxylic acids is 1. The van der Waals surface area contributed by atoms with Gasteiger partial charge < -0.3 is 20.1 Å². The summed E-state index contributed by atoms with van der Waals surface area (Å²) in [5.74, 6) is -3.58. The lowest BCUT2D eigenvalue weighted by Gasteiger charge is -2.37. The highest BCUT2D eigenvalue weighted by Crippen LogP contribution is 2.34. The molecule has 3 N–H and O–H groups in total. The van der Waals surface area contributed by atoms with E-state index in [1.165, 1.54) is 12.4 Å². The van der Waals surface area contributed by atoms with Gasteiger partial charge in [-0.3, -0.25) is 9.78 Å². The fraction of sp³-hybridized carbons (Fsp3) is 0.292. The minimum Gasteiger partial charge on any atom is -0.394 e. The van der Waals surface area contributed by atoms with E-state index in [4.69, 9.17) is 4.74 Å². The molecule has 1 aromatic carbocycles. The molecule has 0 aliphatic carbocycles. The molecule has 3 aromatic rings. The molecular weight excluding hydrogens is 453 g/mol.